The molecule has 4 heteroatoms. The van der Waals surface area contributed by atoms with Crippen LogP contribution in [0.15, 0.2) is 28.7 Å². The molecule has 1 aliphatic heterocycles. The minimum Gasteiger partial charge on any atom is -0.337 e. The van der Waals surface area contributed by atoms with Crippen molar-refractivity contribution >= 4 is 21.8 Å². The summed E-state index contributed by atoms with van der Waals surface area (Å²) in [4.78, 5) is 16.9. The lowest BCUT2D eigenvalue weighted by atomic mass is 10.1. The molecular formula is C16H23BrN2O. The summed E-state index contributed by atoms with van der Waals surface area (Å²) < 4.78 is 1.00. The summed E-state index contributed by atoms with van der Waals surface area (Å²) in [5.41, 5.74) is 0.764. The molecule has 1 heterocycles. The van der Waals surface area contributed by atoms with E-state index in [-0.39, 0.29) is 5.91 Å². The minimum atomic E-state index is 0.122. The Morgan fingerprint density at radius 2 is 2.00 bits per heavy atom. The molecule has 1 saturated heterocycles. The SMILES string of the molecule is CCC[C@@H](CN1CCC1)N(C)C(=O)c1ccc(Br)cc1. The lowest BCUT2D eigenvalue weighted by Crippen LogP contribution is -2.49. The second-order valence-corrected chi connectivity index (χ2v) is 6.44. The van der Waals surface area contributed by atoms with E-state index in [9.17, 15) is 4.79 Å². The highest BCUT2D eigenvalue weighted by Crippen LogP contribution is 2.17. The van der Waals surface area contributed by atoms with Gasteiger partial charge in [0.05, 0.1) is 0 Å². The van der Waals surface area contributed by atoms with Crippen LogP contribution >= 0.6 is 15.9 Å². The predicted molar refractivity (Wildman–Crippen MR) is 86.0 cm³/mol. The number of hydrogen-bond donors (Lipinski definition) is 0. The van der Waals surface area contributed by atoms with Crippen LogP contribution in [-0.2, 0) is 0 Å². The van der Waals surface area contributed by atoms with Crippen molar-refractivity contribution in [2.24, 2.45) is 0 Å². The maximum absolute atomic E-state index is 12.6. The minimum absolute atomic E-state index is 0.122. The van der Waals surface area contributed by atoms with Crippen molar-refractivity contribution in [1.82, 2.24) is 9.80 Å². The van der Waals surface area contributed by atoms with Crippen LogP contribution in [0.5, 0.6) is 0 Å². The van der Waals surface area contributed by atoms with Crippen LogP contribution in [0.1, 0.15) is 36.5 Å². The van der Waals surface area contributed by atoms with Crippen molar-refractivity contribution in [2.45, 2.75) is 32.2 Å². The molecule has 1 aromatic rings. The average Bonchev–Trinajstić information content (AvgIpc) is 2.40. The number of benzene rings is 1. The number of rotatable bonds is 6. The monoisotopic (exact) mass is 338 g/mol. The topological polar surface area (TPSA) is 23.6 Å². The third-order valence-electron chi connectivity index (χ3n) is 4.00. The number of nitrogens with zero attached hydrogens (tertiary/aromatic N) is 2. The lowest BCUT2D eigenvalue weighted by Gasteiger charge is -2.37. The fraction of sp³-hybridized carbons (Fsp3) is 0.562. The third kappa shape index (κ3) is 3.83. The molecule has 1 fully saturated rings. The standard InChI is InChI=1S/C16H23BrN2O/c1-3-5-15(12-19-10-4-11-19)18(2)16(20)13-6-8-14(17)9-7-13/h6-9,15H,3-5,10-12H2,1-2H3/t15-/m0/s1. The molecule has 0 N–H and O–H groups in total. The molecule has 0 spiro atoms. The molecule has 1 aromatic carbocycles. The first kappa shape index (κ1) is 15.5. The van der Waals surface area contributed by atoms with Crippen molar-refractivity contribution in [3.05, 3.63) is 34.3 Å². The number of likely N-dealkylation sites (N-methyl/N-ethyl adjacent to an activating group) is 1. The van der Waals surface area contributed by atoms with Gasteiger partial charge >= 0.3 is 0 Å². The molecule has 0 saturated carbocycles. The van der Waals surface area contributed by atoms with Crippen molar-refractivity contribution < 1.29 is 4.79 Å². The summed E-state index contributed by atoms with van der Waals surface area (Å²) >= 11 is 3.40. The van der Waals surface area contributed by atoms with Gasteiger partial charge in [0.2, 0.25) is 0 Å². The van der Waals surface area contributed by atoms with E-state index in [0.717, 1.165) is 29.4 Å². The average molecular weight is 339 g/mol. The molecule has 0 radical (unpaired) electrons. The zero-order valence-electron chi connectivity index (χ0n) is 12.3. The summed E-state index contributed by atoms with van der Waals surface area (Å²) in [6, 6.07) is 7.93. The van der Waals surface area contributed by atoms with Gasteiger partial charge in [-0.15, -0.1) is 0 Å². The number of halogens is 1. The summed E-state index contributed by atoms with van der Waals surface area (Å²) in [7, 11) is 1.94. The van der Waals surface area contributed by atoms with E-state index >= 15 is 0 Å². The summed E-state index contributed by atoms with van der Waals surface area (Å²) in [6.07, 6.45) is 3.47. The van der Waals surface area contributed by atoms with E-state index < -0.39 is 0 Å². The molecule has 0 aromatic heterocycles. The van der Waals surface area contributed by atoms with Crippen LogP contribution in [0.25, 0.3) is 0 Å². The Kier molecular flexibility index (Phi) is 5.61. The first-order valence-electron chi connectivity index (χ1n) is 7.37. The van der Waals surface area contributed by atoms with Gasteiger partial charge in [0.15, 0.2) is 0 Å². The van der Waals surface area contributed by atoms with Crippen LogP contribution in [0.2, 0.25) is 0 Å². The zero-order valence-corrected chi connectivity index (χ0v) is 13.9. The van der Waals surface area contributed by atoms with Crippen LogP contribution in [0.4, 0.5) is 0 Å². The molecule has 0 unspecified atom stereocenters. The van der Waals surface area contributed by atoms with Gasteiger partial charge in [-0.25, -0.2) is 0 Å². The molecule has 1 aliphatic rings. The van der Waals surface area contributed by atoms with Gasteiger partial charge in [-0.2, -0.15) is 0 Å². The van der Waals surface area contributed by atoms with Crippen molar-refractivity contribution in [3.8, 4) is 0 Å². The highest BCUT2D eigenvalue weighted by molar-refractivity contribution is 9.10. The quantitative estimate of drug-likeness (QED) is 0.793. The molecule has 0 bridgehead atoms. The van der Waals surface area contributed by atoms with Gasteiger partial charge in [0, 0.05) is 29.7 Å². The Balaban J connectivity index is 2.02. The molecule has 1 amide bonds. The predicted octanol–water partition coefficient (Wildman–Crippen LogP) is 3.40. The van der Waals surface area contributed by atoms with Crippen molar-refractivity contribution in [1.29, 1.82) is 0 Å². The Morgan fingerprint density at radius 3 is 2.50 bits per heavy atom. The van der Waals surface area contributed by atoms with Gasteiger partial charge < -0.3 is 9.80 Å². The zero-order chi connectivity index (χ0) is 14.5. The van der Waals surface area contributed by atoms with Gasteiger partial charge in [-0.1, -0.05) is 29.3 Å². The van der Waals surface area contributed by atoms with Crippen molar-refractivity contribution in [3.63, 3.8) is 0 Å². The van der Waals surface area contributed by atoms with E-state index in [0.29, 0.717) is 6.04 Å². The van der Waals surface area contributed by atoms with Crippen molar-refractivity contribution in [2.75, 3.05) is 26.7 Å². The summed E-state index contributed by atoms with van der Waals surface area (Å²) in [6.45, 7) is 5.55. The lowest BCUT2D eigenvalue weighted by molar-refractivity contribution is 0.0627. The maximum atomic E-state index is 12.6. The Labute approximate surface area is 130 Å². The van der Waals surface area contributed by atoms with Gasteiger partial charge in [-0.05, 0) is 50.2 Å². The highest BCUT2D eigenvalue weighted by atomic mass is 79.9. The van der Waals surface area contributed by atoms with E-state index in [1.54, 1.807) is 0 Å². The van der Waals surface area contributed by atoms with Gasteiger partial charge in [0.25, 0.3) is 5.91 Å². The summed E-state index contributed by atoms with van der Waals surface area (Å²) in [5, 5.41) is 0. The smallest absolute Gasteiger partial charge is 0.253 e. The van der Waals surface area contributed by atoms with Gasteiger partial charge in [0.1, 0.15) is 0 Å². The molecular weight excluding hydrogens is 316 g/mol. The summed E-state index contributed by atoms with van der Waals surface area (Å²) in [5.74, 6) is 0.122. The second-order valence-electron chi connectivity index (χ2n) is 5.52. The number of likely N-dealkylation sites (tertiary alicyclic amines) is 1. The molecule has 0 aliphatic carbocycles. The van der Waals surface area contributed by atoms with Crippen LogP contribution < -0.4 is 0 Å². The number of carbonyl (C=O) groups excluding carboxylic acids is 1. The normalized spacial score (nSPS) is 16.6. The van der Waals surface area contributed by atoms with Crippen LogP contribution in [-0.4, -0.2) is 48.4 Å². The number of amides is 1. The Morgan fingerprint density at radius 1 is 1.35 bits per heavy atom. The number of hydrogen-bond acceptors (Lipinski definition) is 2. The van der Waals surface area contributed by atoms with Crippen LogP contribution in [0, 0.1) is 0 Å². The number of carbonyl (C=O) groups is 1. The molecule has 110 valence electrons. The molecule has 2 rings (SSSR count). The molecule has 20 heavy (non-hydrogen) atoms. The van der Waals surface area contributed by atoms with E-state index in [1.807, 2.05) is 36.2 Å². The third-order valence-corrected chi connectivity index (χ3v) is 4.53. The molecule has 1 atom stereocenters. The Hall–Kier alpha value is -0.870. The van der Waals surface area contributed by atoms with E-state index in [4.69, 9.17) is 0 Å². The fourth-order valence-electron chi connectivity index (χ4n) is 2.56. The van der Waals surface area contributed by atoms with E-state index in [2.05, 4.69) is 27.8 Å². The molecule has 3 nitrogen and oxygen atoms in total. The first-order valence-corrected chi connectivity index (χ1v) is 8.16. The van der Waals surface area contributed by atoms with Gasteiger partial charge in [-0.3, -0.25) is 4.79 Å². The highest BCUT2D eigenvalue weighted by Gasteiger charge is 2.25. The largest absolute Gasteiger partial charge is 0.337 e. The van der Waals surface area contributed by atoms with E-state index in [1.165, 1.54) is 19.5 Å². The Bertz CT molecular complexity index is 442. The second kappa shape index (κ2) is 7.23. The first-order chi connectivity index (χ1) is 9.61. The maximum Gasteiger partial charge on any atom is 0.253 e. The fourth-order valence-corrected chi connectivity index (χ4v) is 2.83. The van der Waals surface area contributed by atoms with Crippen LogP contribution in [0.3, 0.4) is 0 Å².